The van der Waals surface area contributed by atoms with Crippen LogP contribution in [0, 0.1) is 6.92 Å². The van der Waals surface area contributed by atoms with Crippen LogP contribution in [-0.2, 0) is 9.59 Å². The Morgan fingerprint density at radius 2 is 1.96 bits per heavy atom. The first-order chi connectivity index (χ1) is 12.0. The number of fused-ring (bicyclic) bond motifs is 1. The van der Waals surface area contributed by atoms with Crippen molar-refractivity contribution in [3.63, 3.8) is 0 Å². The van der Waals surface area contributed by atoms with Crippen molar-refractivity contribution >= 4 is 29.2 Å². The van der Waals surface area contributed by atoms with Crippen molar-refractivity contribution in [2.24, 2.45) is 0 Å². The maximum atomic E-state index is 12.5. The molecule has 25 heavy (non-hydrogen) atoms. The number of nitrogens with zero attached hydrogens (tertiary/aromatic N) is 1. The van der Waals surface area contributed by atoms with Gasteiger partial charge in [0.25, 0.3) is 5.91 Å². The molecule has 0 bridgehead atoms. The molecule has 1 unspecified atom stereocenters. The lowest BCUT2D eigenvalue weighted by Gasteiger charge is -2.35. The zero-order valence-corrected chi connectivity index (χ0v) is 14.2. The minimum absolute atomic E-state index is 0.263. The number of carboxylic acid groups (broad SMARTS) is 1. The number of benzene rings is 2. The molecule has 5 nitrogen and oxygen atoms in total. The first-order valence-corrected chi connectivity index (χ1v) is 8.08. The van der Waals surface area contributed by atoms with E-state index < -0.39 is 11.9 Å². The number of hydrogen-bond acceptors (Lipinski definition) is 3. The normalized spacial score (nSPS) is 16.4. The van der Waals surface area contributed by atoms with Gasteiger partial charge in [0.15, 0.2) is 0 Å². The van der Waals surface area contributed by atoms with Gasteiger partial charge in [0.1, 0.15) is 11.9 Å². The van der Waals surface area contributed by atoms with Gasteiger partial charge in [-0.05, 0) is 30.2 Å². The lowest BCUT2D eigenvalue weighted by Crippen LogP contribution is -2.39. The van der Waals surface area contributed by atoms with Crippen LogP contribution in [0.1, 0.15) is 17.2 Å². The number of aryl methyl sites for hydroxylation is 1. The average Bonchev–Trinajstić information content (AvgIpc) is 2.59. The summed E-state index contributed by atoms with van der Waals surface area (Å²) >= 11 is 6.13. The number of anilines is 1. The molecule has 1 amide bonds. The van der Waals surface area contributed by atoms with Gasteiger partial charge in [0, 0.05) is 17.2 Å². The summed E-state index contributed by atoms with van der Waals surface area (Å²) in [5, 5.41) is 9.26. The Morgan fingerprint density at radius 1 is 1.24 bits per heavy atom. The maximum absolute atomic E-state index is 12.5. The van der Waals surface area contributed by atoms with Gasteiger partial charge in [-0.25, -0.2) is 4.79 Å². The molecule has 128 valence electrons. The number of halogens is 1. The molecule has 2 aromatic rings. The maximum Gasteiger partial charge on any atom is 0.328 e. The highest BCUT2D eigenvalue weighted by Crippen LogP contribution is 2.42. The first-order valence-electron chi connectivity index (χ1n) is 7.70. The van der Waals surface area contributed by atoms with Crippen LogP contribution in [0.25, 0.3) is 0 Å². The Labute approximate surface area is 150 Å². The predicted octanol–water partition coefficient (Wildman–Crippen LogP) is 3.76. The number of ether oxygens (including phenoxy) is 1. The summed E-state index contributed by atoms with van der Waals surface area (Å²) in [6.45, 7) is 2.12. The molecule has 0 saturated carbocycles. The summed E-state index contributed by atoms with van der Waals surface area (Å²) in [7, 11) is 0. The van der Waals surface area contributed by atoms with Gasteiger partial charge in [-0.15, -0.1) is 0 Å². The molecular formula is C19H16ClNO4. The number of rotatable bonds is 3. The van der Waals surface area contributed by atoms with Gasteiger partial charge in [0.05, 0.1) is 12.2 Å². The Balaban J connectivity index is 2.04. The smallest absolute Gasteiger partial charge is 0.328 e. The van der Waals surface area contributed by atoms with E-state index in [1.54, 1.807) is 12.1 Å². The molecule has 0 saturated heterocycles. The third-order valence-corrected chi connectivity index (χ3v) is 4.14. The fraction of sp³-hybridized carbons (Fsp3) is 0.158. The van der Waals surface area contributed by atoms with E-state index in [0.717, 1.165) is 23.3 Å². The highest BCUT2D eigenvalue weighted by molar-refractivity contribution is 6.31. The summed E-state index contributed by atoms with van der Waals surface area (Å²) in [5.74, 6) is -1.04. The van der Waals surface area contributed by atoms with Crippen LogP contribution >= 0.6 is 11.6 Å². The molecule has 1 aliphatic heterocycles. The van der Waals surface area contributed by atoms with Crippen molar-refractivity contribution in [3.8, 4) is 5.75 Å². The third-order valence-electron chi connectivity index (χ3n) is 3.92. The van der Waals surface area contributed by atoms with E-state index >= 15 is 0 Å². The van der Waals surface area contributed by atoms with Gasteiger partial charge >= 0.3 is 5.97 Å². The Hall–Kier alpha value is -2.79. The van der Waals surface area contributed by atoms with E-state index in [2.05, 4.69) is 0 Å². The average molecular weight is 358 g/mol. The number of hydrogen-bond donors (Lipinski definition) is 1. The van der Waals surface area contributed by atoms with Crippen LogP contribution in [0.4, 0.5) is 5.69 Å². The molecule has 0 aliphatic carbocycles. The number of amides is 1. The molecule has 0 fully saturated rings. The van der Waals surface area contributed by atoms with Crippen molar-refractivity contribution in [1.82, 2.24) is 0 Å². The van der Waals surface area contributed by atoms with Gasteiger partial charge in [0.2, 0.25) is 0 Å². The largest absolute Gasteiger partial charge is 0.481 e. The predicted molar refractivity (Wildman–Crippen MR) is 95.1 cm³/mol. The molecule has 2 aromatic carbocycles. The lowest BCUT2D eigenvalue weighted by molar-refractivity contribution is -0.131. The first kappa shape index (κ1) is 17.0. The molecule has 6 heteroatoms. The van der Waals surface area contributed by atoms with Gasteiger partial charge in [-0.1, -0.05) is 41.9 Å². The van der Waals surface area contributed by atoms with Gasteiger partial charge < -0.3 is 14.7 Å². The second-order valence-electron chi connectivity index (χ2n) is 5.71. The van der Waals surface area contributed by atoms with E-state index in [0.29, 0.717) is 16.5 Å². The Morgan fingerprint density at radius 3 is 2.64 bits per heavy atom. The van der Waals surface area contributed by atoms with E-state index in [4.69, 9.17) is 21.4 Å². The summed E-state index contributed by atoms with van der Waals surface area (Å²) in [5.41, 5.74) is 2.28. The monoisotopic (exact) mass is 357 g/mol. The highest BCUT2D eigenvalue weighted by atomic mass is 35.5. The number of carboxylic acids is 1. The molecular weight excluding hydrogens is 342 g/mol. The fourth-order valence-electron chi connectivity index (χ4n) is 2.79. The summed E-state index contributed by atoms with van der Waals surface area (Å²) in [6, 6.07) is 13.0. The second kappa shape index (κ2) is 6.99. The van der Waals surface area contributed by atoms with Crippen LogP contribution in [0.3, 0.4) is 0 Å². The van der Waals surface area contributed by atoms with Gasteiger partial charge in [-0.3, -0.25) is 4.79 Å². The number of carbonyl (C=O) groups is 2. The van der Waals surface area contributed by atoms with Crippen molar-refractivity contribution in [2.75, 3.05) is 11.4 Å². The molecule has 0 radical (unpaired) electrons. The van der Waals surface area contributed by atoms with Gasteiger partial charge in [-0.2, -0.15) is 0 Å². The van der Waals surface area contributed by atoms with E-state index in [1.165, 1.54) is 4.90 Å². The molecule has 3 rings (SSSR count). The molecule has 1 N–H and O–H groups in total. The van der Waals surface area contributed by atoms with Crippen LogP contribution < -0.4 is 9.64 Å². The Bertz CT molecular complexity index is 848. The van der Waals surface area contributed by atoms with E-state index in [-0.39, 0.29) is 12.6 Å². The van der Waals surface area contributed by atoms with Crippen molar-refractivity contribution < 1.29 is 19.4 Å². The lowest BCUT2D eigenvalue weighted by atomic mass is 10.0. The van der Waals surface area contributed by atoms with E-state index in [9.17, 15) is 9.59 Å². The second-order valence-corrected chi connectivity index (χ2v) is 6.14. The van der Waals surface area contributed by atoms with Crippen LogP contribution in [-0.4, -0.2) is 23.5 Å². The Kier molecular flexibility index (Phi) is 4.76. The van der Waals surface area contributed by atoms with Crippen molar-refractivity contribution in [2.45, 2.75) is 13.0 Å². The SMILES string of the molecule is Cc1cc(Cl)cc2c1OC(c1ccccc1)CN2C(=O)/C=C/C(=O)O. The third kappa shape index (κ3) is 3.67. The molecule has 0 spiro atoms. The topological polar surface area (TPSA) is 66.8 Å². The minimum Gasteiger partial charge on any atom is -0.481 e. The van der Waals surface area contributed by atoms with Crippen LogP contribution in [0.2, 0.25) is 5.02 Å². The van der Waals surface area contributed by atoms with Crippen LogP contribution in [0.5, 0.6) is 5.75 Å². The molecule has 1 heterocycles. The quantitative estimate of drug-likeness (QED) is 0.849. The molecule has 1 atom stereocenters. The summed E-state index contributed by atoms with van der Waals surface area (Å²) in [6.07, 6.45) is 1.51. The number of aliphatic carboxylic acids is 1. The van der Waals surface area contributed by atoms with Crippen molar-refractivity contribution in [3.05, 3.63) is 70.8 Å². The van der Waals surface area contributed by atoms with Crippen LogP contribution in [0.15, 0.2) is 54.6 Å². The fourth-order valence-corrected chi connectivity index (χ4v) is 3.06. The van der Waals surface area contributed by atoms with Crippen molar-refractivity contribution in [1.29, 1.82) is 0 Å². The molecule has 0 aromatic heterocycles. The minimum atomic E-state index is -1.18. The highest BCUT2D eigenvalue weighted by Gasteiger charge is 2.31. The zero-order valence-electron chi connectivity index (χ0n) is 13.5. The zero-order chi connectivity index (χ0) is 18.0. The summed E-state index contributed by atoms with van der Waals surface area (Å²) < 4.78 is 6.12. The standard InChI is InChI=1S/C19H16ClNO4/c1-12-9-14(20)10-15-19(12)25-16(13-5-3-2-4-6-13)11-21(15)17(22)7-8-18(23)24/h2-10,16H,11H2,1H3,(H,23,24)/b8-7+. The summed E-state index contributed by atoms with van der Waals surface area (Å²) in [4.78, 5) is 24.8. The molecule has 1 aliphatic rings. The number of carbonyl (C=O) groups excluding carboxylic acids is 1. The van der Waals surface area contributed by atoms with E-state index in [1.807, 2.05) is 37.3 Å².